The summed E-state index contributed by atoms with van der Waals surface area (Å²) in [7, 11) is 0. The zero-order valence-corrected chi connectivity index (χ0v) is 15.2. The SMILES string of the molecule is CC(C)(C)OC(=O)N(Cc1ccccc1NC(N)=O)C1CCNCC1. The molecule has 25 heavy (non-hydrogen) atoms. The first-order valence-corrected chi connectivity index (χ1v) is 8.61. The van der Waals surface area contributed by atoms with Crippen molar-refractivity contribution in [3.8, 4) is 0 Å². The van der Waals surface area contributed by atoms with Gasteiger partial charge < -0.3 is 26.0 Å². The number of carbonyl (C=O) groups is 2. The van der Waals surface area contributed by atoms with Crippen molar-refractivity contribution in [3.05, 3.63) is 29.8 Å². The summed E-state index contributed by atoms with van der Waals surface area (Å²) in [5.74, 6) is 0. The third-order valence-corrected chi connectivity index (χ3v) is 3.99. The van der Waals surface area contributed by atoms with Crippen molar-refractivity contribution in [2.24, 2.45) is 5.73 Å². The van der Waals surface area contributed by atoms with Crippen LogP contribution in [0.5, 0.6) is 0 Å². The quantitative estimate of drug-likeness (QED) is 0.779. The number of nitrogens with zero attached hydrogens (tertiary/aromatic N) is 1. The molecule has 2 rings (SSSR count). The third kappa shape index (κ3) is 5.94. The molecule has 0 unspecified atom stereocenters. The van der Waals surface area contributed by atoms with Gasteiger partial charge in [0.15, 0.2) is 0 Å². The van der Waals surface area contributed by atoms with E-state index in [0.29, 0.717) is 12.2 Å². The van der Waals surface area contributed by atoms with E-state index in [4.69, 9.17) is 10.5 Å². The molecule has 0 bridgehead atoms. The number of anilines is 1. The van der Waals surface area contributed by atoms with E-state index in [9.17, 15) is 9.59 Å². The van der Waals surface area contributed by atoms with Crippen LogP contribution in [0.1, 0.15) is 39.2 Å². The second kappa shape index (κ2) is 8.20. The molecule has 1 aliphatic rings. The van der Waals surface area contributed by atoms with E-state index in [2.05, 4.69) is 10.6 Å². The highest BCUT2D eigenvalue weighted by molar-refractivity contribution is 5.88. The summed E-state index contributed by atoms with van der Waals surface area (Å²) < 4.78 is 5.60. The molecule has 0 spiro atoms. The number of hydrogen-bond donors (Lipinski definition) is 3. The van der Waals surface area contributed by atoms with Crippen LogP contribution in [0.25, 0.3) is 0 Å². The lowest BCUT2D eigenvalue weighted by Gasteiger charge is -2.36. The molecule has 1 heterocycles. The molecule has 0 atom stereocenters. The van der Waals surface area contributed by atoms with Crippen LogP contribution in [0.15, 0.2) is 24.3 Å². The minimum absolute atomic E-state index is 0.0951. The normalized spacial score (nSPS) is 15.5. The van der Waals surface area contributed by atoms with E-state index < -0.39 is 11.6 Å². The van der Waals surface area contributed by atoms with E-state index >= 15 is 0 Å². The number of piperidine rings is 1. The molecule has 0 radical (unpaired) electrons. The average Bonchev–Trinajstić information content (AvgIpc) is 2.52. The summed E-state index contributed by atoms with van der Waals surface area (Å²) in [5.41, 5.74) is 6.12. The van der Waals surface area contributed by atoms with E-state index in [1.165, 1.54) is 0 Å². The molecule has 1 fully saturated rings. The molecule has 7 heteroatoms. The molecule has 1 saturated heterocycles. The molecule has 3 amide bonds. The number of nitrogens with two attached hydrogens (primary N) is 1. The van der Waals surface area contributed by atoms with Gasteiger partial charge in [0.05, 0.1) is 6.54 Å². The first-order chi connectivity index (χ1) is 11.8. The lowest BCUT2D eigenvalue weighted by molar-refractivity contribution is 0.0107. The van der Waals surface area contributed by atoms with Gasteiger partial charge in [-0.15, -0.1) is 0 Å². The van der Waals surface area contributed by atoms with Crippen LogP contribution in [-0.2, 0) is 11.3 Å². The van der Waals surface area contributed by atoms with Crippen LogP contribution in [0.2, 0.25) is 0 Å². The maximum atomic E-state index is 12.8. The molecule has 0 aromatic heterocycles. The Kier molecular flexibility index (Phi) is 6.25. The molecular formula is C18H28N4O3. The van der Waals surface area contributed by atoms with Crippen LogP contribution in [0, 0.1) is 0 Å². The predicted octanol–water partition coefficient (Wildman–Crippen LogP) is 2.67. The third-order valence-electron chi connectivity index (χ3n) is 3.99. The minimum atomic E-state index is -0.627. The highest BCUT2D eigenvalue weighted by Crippen LogP contribution is 2.23. The topological polar surface area (TPSA) is 96.7 Å². The summed E-state index contributed by atoms with van der Waals surface area (Å²) in [6.07, 6.45) is 1.39. The second-order valence-electron chi connectivity index (χ2n) is 7.24. The number of rotatable bonds is 4. The van der Waals surface area contributed by atoms with Crippen LogP contribution in [-0.4, -0.2) is 41.8 Å². The summed E-state index contributed by atoms with van der Waals surface area (Å²) in [6, 6.07) is 6.81. The zero-order chi connectivity index (χ0) is 18.4. The first-order valence-electron chi connectivity index (χ1n) is 8.61. The molecule has 1 aromatic rings. The smallest absolute Gasteiger partial charge is 0.410 e. The first kappa shape index (κ1) is 19.1. The number of carbonyl (C=O) groups excluding carboxylic acids is 2. The van der Waals surface area contributed by atoms with Crippen molar-refractivity contribution in [2.45, 2.75) is 51.8 Å². The summed E-state index contributed by atoms with van der Waals surface area (Å²) in [5, 5.41) is 5.92. The second-order valence-corrected chi connectivity index (χ2v) is 7.24. The van der Waals surface area contributed by atoms with Gasteiger partial charge in [-0.25, -0.2) is 9.59 Å². The van der Waals surface area contributed by atoms with Gasteiger partial charge >= 0.3 is 12.1 Å². The number of para-hydroxylation sites is 1. The largest absolute Gasteiger partial charge is 0.444 e. The molecule has 0 aliphatic carbocycles. The van der Waals surface area contributed by atoms with Crippen molar-refractivity contribution < 1.29 is 14.3 Å². The van der Waals surface area contributed by atoms with E-state index in [1.807, 2.05) is 39.0 Å². The van der Waals surface area contributed by atoms with Crippen molar-refractivity contribution in [3.63, 3.8) is 0 Å². The van der Waals surface area contributed by atoms with E-state index in [0.717, 1.165) is 31.5 Å². The van der Waals surface area contributed by atoms with E-state index in [1.54, 1.807) is 11.0 Å². The van der Waals surface area contributed by atoms with Crippen molar-refractivity contribution >= 4 is 17.8 Å². The van der Waals surface area contributed by atoms with Crippen molar-refractivity contribution in [1.82, 2.24) is 10.2 Å². The molecule has 0 saturated carbocycles. The fourth-order valence-corrected chi connectivity index (χ4v) is 2.88. The molecule has 1 aromatic carbocycles. The molecule has 4 N–H and O–H groups in total. The summed E-state index contributed by atoms with van der Waals surface area (Å²) >= 11 is 0. The maximum absolute atomic E-state index is 12.8. The Labute approximate surface area is 148 Å². The van der Waals surface area contributed by atoms with Gasteiger partial charge in [0.1, 0.15) is 5.60 Å². The van der Waals surface area contributed by atoms with Crippen LogP contribution in [0.4, 0.5) is 15.3 Å². The van der Waals surface area contributed by atoms with Crippen molar-refractivity contribution in [1.29, 1.82) is 0 Å². The average molecular weight is 348 g/mol. The van der Waals surface area contributed by atoms with Gasteiger partial charge in [0, 0.05) is 11.7 Å². The Bertz CT molecular complexity index is 607. The van der Waals surface area contributed by atoms with Crippen LogP contribution < -0.4 is 16.4 Å². The summed E-state index contributed by atoms with van der Waals surface area (Å²) in [6.45, 7) is 7.66. The Morgan fingerprint density at radius 3 is 2.52 bits per heavy atom. The lowest BCUT2D eigenvalue weighted by Crippen LogP contribution is -2.47. The number of nitrogens with one attached hydrogen (secondary N) is 2. The monoisotopic (exact) mass is 348 g/mol. The van der Waals surface area contributed by atoms with Crippen molar-refractivity contribution in [2.75, 3.05) is 18.4 Å². The number of ether oxygens (including phenoxy) is 1. The fourth-order valence-electron chi connectivity index (χ4n) is 2.88. The van der Waals surface area contributed by atoms with E-state index in [-0.39, 0.29) is 12.1 Å². The highest BCUT2D eigenvalue weighted by Gasteiger charge is 2.30. The standard InChI is InChI=1S/C18H28N4O3/c1-18(2,3)25-17(24)22(14-8-10-20-11-9-14)12-13-6-4-5-7-15(13)21-16(19)23/h4-7,14,20H,8-12H2,1-3H3,(H3,19,21,23). The fraction of sp³-hybridized carbons (Fsp3) is 0.556. The Morgan fingerprint density at radius 2 is 1.92 bits per heavy atom. The Balaban J connectivity index is 2.23. The number of benzene rings is 1. The minimum Gasteiger partial charge on any atom is -0.444 e. The van der Waals surface area contributed by atoms with Crippen LogP contribution >= 0.6 is 0 Å². The van der Waals surface area contributed by atoms with Gasteiger partial charge in [-0.1, -0.05) is 18.2 Å². The molecule has 7 nitrogen and oxygen atoms in total. The van der Waals surface area contributed by atoms with Gasteiger partial charge in [-0.05, 0) is 58.3 Å². The van der Waals surface area contributed by atoms with Gasteiger partial charge in [0.2, 0.25) is 0 Å². The zero-order valence-electron chi connectivity index (χ0n) is 15.2. The highest BCUT2D eigenvalue weighted by atomic mass is 16.6. The Morgan fingerprint density at radius 1 is 1.28 bits per heavy atom. The number of primary amides is 1. The molecular weight excluding hydrogens is 320 g/mol. The summed E-state index contributed by atoms with van der Waals surface area (Å²) in [4.78, 5) is 25.8. The molecule has 138 valence electrons. The maximum Gasteiger partial charge on any atom is 0.410 e. The van der Waals surface area contributed by atoms with Gasteiger partial charge in [-0.2, -0.15) is 0 Å². The Hall–Kier alpha value is -2.28. The lowest BCUT2D eigenvalue weighted by atomic mass is 10.0. The molecule has 1 aliphatic heterocycles. The predicted molar refractivity (Wildman–Crippen MR) is 97.3 cm³/mol. The number of amides is 3. The van der Waals surface area contributed by atoms with Gasteiger partial charge in [-0.3, -0.25) is 0 Å². The van der Waals surface area contributed by atoms with Crippen LogP contribution in [0.3, 0.4) is 0 Å². The number of urea groups is 1. The number of hydrogen-bond acceptors (Lipinski definition) is 4. The van der Waals surface area contributed by atoms with Gasteiger partial charge in [0.25, 0.3) is 0 Å².